The zero-order valence-corrected chi connectivity index (χ0v) is 13.3. The van der Waals surface area contributed by atoms with Crippen molar-refractivity contribution in [1.29, 1.82) is 0 Å². The molecule has 2 atom stereocenters. The molecule has 2 amide bonds. The molecule has 2 aliphatic rings. The molecule has 120 valence electrons. The molecule has 0 radical (unpaired) electrons. The smallest absolute Gasteiger partial charge is 0.410 e. The first-order valence-corrected chi connectivity index (χ1v) is 7.82. The quantitative estimate of drug-likeness (QED) is 0.792. The maximum atomic E-state index is 12.2. The molecule has 2 heterocycles. The van der Waals surface area contributed by atoms with Crippen molar-refractivity contribution in [3.63, 3.8) is 0 Å². The van der Waals surface area contributed by atoms with Crippen LogP contribution in [0.1, 0.15) is 46.5 Å². The lowest BCUT2D eigenvalue weighted by molar-refractivity contribution is -0.138. The van der Waals surface area contributed by atoms with Crippen LogP contribution in [0.2, 0.25) is 0 Å². The van der Waals surface area contributed by atoms with E-state index >= 15 is 0 Å². The molecule has 2 unspecified atom stereocenters. The second-order valence-corrected chi connectivity index (χ2v) is 7.00. The van der Waals surface area contributed by atoms with Crippen molar-refractivity contribution in [2.24, 2.45) is 5.73 Å². The average molecular weight is 297 g/mol. The second kappa shape index (κ2) is 6.22. The van der Waals surface area contributed by atoms with Crippen molar-refractivity contribution < 1.29 is 14.3 Å². The third-order valence-electron chi connectivity index (χ3n) is 4.00. The van der Waals surface area contributed by atoms with Crippen molar-refractivity contribution in [2.75, 3.05) is 19.6 Å². The van der Waals surface area contributed by atoms with Crippen LogP contribution in [-0.2, 0) is 9.53 Å². The molecule has 2 fully saturated rings. The number of amides is 2. The molecule has 6 heteroatoms. The predicted octanol–water partition coefficient (Wildman–Crippen LogP) is 1.34. The number of hydrogen-bond donors (Lipinski definition) is 1. The third-order valence-corrected chi connectivity index (χ3v) is 4.00. The van der Waals surface area contributed by atoms with Gasteiger partial charge in [0, 0.05) is 25.7 Å². The van der Waals surface area contributed by atoms with Crippen LogP contribution in [-0.4, -0.2) is 59.1 Å². The summed E-state index contributed by atoms with van der Waals surface area (Å²) in [6.07, 6.45) is 3.23. The monoisotopic (exact) mass is 297 g/mol. The summed E-state index contributed by atoms with van der Waals surface area (Å²) >= 11 is 0. The molecule has 2 aliphatic heterocycles. The fraction of sp³-hybridized carbons (Fsp3) is 0.867. The van der Waals surface area contributed by atoms with E-state index in [9.17, 15) is 9.59 Å². The zero-order chi connectivity index (χ0) is 15.6. The Morgan fingerprint density at radius 2 is 1.90 bits per heavy atom. The molecule has 6 nitrogen and oxygen atoms in total. The molecule has 0 aromatic heterocycles. The van der Waals surface area contributed by atoms with Gasteiger partial charge < -0.3 is 20.3 Å². The minimum absolute atomic E-state index is 0.0253. The number of hydrogen-bond acceptors (Lipinski definition) is 4. The third kappa shape index (κ3) is 4.09. The maximum absolute atomic E-state index is 12.2. The summed E-state index contributed by atoms with van der Waals surface area (Å²) in [5.41, 5.74) is 5.36. The van der Waals surface area contributed by atoms with Crippen LogP contribution >= 0.6 is 0 Å². The van der Waals surface area contributed by atoms with Crippen molar-refractivity contribution in [3.05, 3.63) is 0 Å². The summed E-state index contributed by atoms with van der Waals surface area (Å²) in [4.78, 5) is 27.9. The molecule has 0 bridgehead atoms. The molecule has 0 aromatic rings. The molecular formula is C15H27N3O3. The fourth-order valence-electron chi connectivity index (χ4n) is 2.99. The summed E-state index contributed by atoms with van der Waals surface area (Å²) in [5.74, 6) is 0.0253. The average Bonchev–Trinajstić information content (AvgIpc) is 2.40. The van der Waals surface area contributed by atoms with E-state index in [4.69, 9.17) is 10.5 Å². The van der Waals surface area contributed by atoms with Gasteiger partial charge >= 0.3 is 6.09 Å². The van der Waals surface area contributed by atoms with Gasteiger partial charge in [0.05, 0.1) is 6.04 Å². The zero-order valence-electron chi connectivity index (χ0n) is 13.3. The molecular weight excluding hydrogens is 270 g/mol. The number of carbonyl (C=O) groups is 2. The minimum atomic E-state index is -0.493. The second-order valence-electron chi connectivity index (χ2n) is 7.00. The van der Waals surface area contributed by atoms with Gasteiger partial charge in [-0.3, -0.25) is 4.79 Å². The summed E-state index contributed by atoms with van der Waals surface area (Å²) in [6.45, 7) is 7.57. The predicted molar refractivity (Wildman–Crippen MR) is 79.8 cm³/mol. The maximum Gasteiger partial charge on any atom is 0.410 e. The lowest BCUT2D eigenvalue weighted by Crippen LogP contribution is -2.57. The Bertz CT molecular complexity index is 405. The van der Waals surface area contributed by atoms with Crippen molar-refractivity contribution in [1.82, 2.24) is 9.80 Å². The Morgan fingerprint density at radius 1 is 1.24 bits per heavy atom. The Kier molecular flexibility index (Phi) is 4.76. The SMILES string of the molecule is CC(C)(C)OC(=O)N1CCCC(N2CCCC(N)C2=O)C1. The number of nitrogens with zero attached hydrogens (tertiary/aromatic N) is 2. The fourth-order valence-corrected chi connectivity index (χ4v) is 2.99. The lowest BCUT2D eigenvalue weighted by Gasteiger charge is -2.42. The van der Waals surface area contributed by atoms with Crippen molar-refractivity contribution in [3.8, 4) is 0 Å². The number of rotatable bonds is 1. The van der Waals surface area contributed by atoms with E-state index in [2.05, 4.69) is 0 Å². The number of piperidine rings is 2. The van der Waals surface area contributed by atoms with Gasteiger partial charge in [-0.15, -0.1) is 0 Å². The van der Waals surface area contributed by atoms with Crippen LogP contribution < -0.4 is 5.73 Å². The molecule has 2 saturated heterocycles. The molecule has 2 N–H and O–H groups in total. The normalized spacial score (nSPS) is 27.7. The first kappa shape index (κ1) is 16.1. The van der Waals surface area contributed by atoms with Crippen LogP contribution in [0.15, 0.2) is 0 Å². The van der Waals surface area contributed by atoms with E-state index < -0.39 is 5.60 Å². The highest BCUT2D eigenvalue weighted by Crippen LogP contribution is 2.22. The van der Waals surface area contributed by atoms with E-state index in [0.29, 0.717) is 13.1 Å². The standard InChI is InChI=1S/C15H27N3O3/c1-15(2,3)21-14(20)17-8-4-6-11(10-17)18-9-5-7-12(16)13(18)19/h11-12H,4-10,16H2,1-3H3. The van der Waals surface area contributed by atoms with E-state index in [1.807, 2.05) is 25.7 Å². The highest BCUT2D eigenvalue weighted by Gasteiger charge is 2.35. The van der Waals surface area contributed by atoms with Crippen LogP contribution in [0.25, 0.3) is 0 Å². The number of likely N-dealkylation sites (tertiary alicyclic amines) is 2. The Labute approximate surface area is 126 Å². The van der Waals surface area contributed by atoms with Gasteiger partial charge in [-0.25, -0.2) is 4.79 Å². The lowest BCUT2D eigenvalue weighted by atomic mass is 9.98. The topological polar surface area (TPSA) is 75.9 Å². The van der Waals surface area contributed by atoms with Gasteiger partial charge in [0.2, 0.25) is 5.91 Å². The number of carbonyl (C=O) groups excluding carboxylic acids is 2. The van der Waals surface area contributed by atoms with Gasteiger partial charge in [-0.1, -0.05) is 0 Å². The van der Waals surface area contributed by atoms with Crippen LogP contribution in [0, 0.1) is 0 Å². The van der Waals surface area contributed by atoms with Crippen molar-refractivity contribution in [2.45, 2.75) is 64.1 Å². The van der Waals surface area contributed by atoms with E-state index in [1.54, 1.807) is 4.90 Å². The number of ether oxygens (including phenoxy) is 1. The summed E-state index contributed by atoms with van der Waals surface area (Å²) in [6, 6.07) is -0.305. The minimum Gasteiger partial charge on any atom is -0.444 e. The summed E-state index contributed by atoms with van der Waals surface area (Å²) < 4.78 is 5.42. The Morgan fingerprint density at radius 3 is 2.57 bits per heavy atom. The van der Waals surface area contributed by atoms with Gasteiger partial charge in [0.1, 0.15) is 5.60 Å². The van der Waals surface area contributed by atoms with Crippen LogP contribution in [0.5, 0.6) is 0 Å². The molecule has 0 aliphatic carbocycles. The van der Waals surface area contributed by atoms with E-state index in [-0.39, 0.29) is 24.1 Å². The Hall–Kier alpha value is -1.30. The largest absolute Gasteiger partial charge is 0.444 e. The number of nitrogens with two attached hydrogens (primary N) is 1. The van der Waals surface area contributed by atoms with Crippen LogP contribution in [0.3, 0.4) is 0 Å². The van der Waals surface area contributed by atoms with Gasteiger partial charge in [0.25, 0.3) is 0 Å². The molecule has 0 saturated carbocycles. The highest BCUT2D eigenvalue weighted by atomic mass is 16.6. The van der Waals surface area contributed by atoms with E-state index in [1.165, 1.54) is 0 Å². The molecule has 21 heavy (non-hydrogen) atoms. The first-order valence-electron chi connectivity index (χ1n) is 7.82. The molecule has 0 aromatic carbocycles. The summed E-state index contributed by atoms with van der Waals surface area (Å²) in [5, 5.41) is 0. The Balaban J connectivity index is 1.97. The molecule has 2 rings (SSSR count). The first-order chi connectivity index (χ1) is 9.78. The highest BCUT2D eigenvalue weighted by molar-refractivity contribution is 5.82. The van der Waals surface area contributed by atoms with Gasteiger partial charge in [-0.2, -0.15) is 0 Å². The van der Waals surface area contributed by atoms with E-state index in [0.717, 1.165) is 32.2 Å². The molecule has 0 spiro atoms. The van der Waals surface area contributed by atoms with Gasteiger partial charge in [0.15, 0.2) is 0 Å². The van der Waals surface area contributed by atoms with Crippen molar-refractivity contribution >= 4 is 12.0 Å². The van der Waals surface area contributed by atoms with Gasteiger partial charge in [-0.05, 0) is 46.5 Å². The summed E-state index contributed by atoms with van der Waals surface area (Å²) in [7, 11) is 0. The van der Waals surface area contributed by atoms with Crippen LogP contribution in [0.4, 0.5) is 4.79 Å².